The van der Waals surface area contributed by atoms with Crippen LogP contribution in [-0.2, 0) is 0 Å². The summed E-state index contributed by atoms with van der Waals surface area (Å²) in [7, 11) is 0. The molecule has 0 amide bonds. The summed E-state index contributed by atoms with van der Waals surface area (Å²) in [5.74, 6) is 0. The lowest BCUT2D eigenvalue weighted by molar-refractivity contribution is 0.154. The monoisotopic (exact) mass is 360 g/mol. The van der Waals surface area contributed by atoms with Crippen LogP contribution in [0.25, 0.3) is 0 Å². The molecule has 1 rings (SSSR count). The molecule has 4 heteroatoms. The third kappa shape index (κ3) is 5.03. The van der Waals surface area contributed by atoms with E-state index in [1.807, 2.05) is 12.1 Å². The molecule has 2 N–H and O–H groups in total. The Bertz CT molecular complexity index is 409. The van der Waals surface area contributed by atoms with Crippen molar-refractivity contribution in [2.75, 3.05) is 13.1 Å². The first-order valence-electron chi connectivity index (χ1n) is 7.42. The van der Waals surface area contributed by atoms with Gasteiger partial charge in [-0.2, -0.15) is 0 Å². The van der Waals surface area contributed by atoms with E-state index < -0.39 is 0 Å². The third-order valence-corrected chi connectivity index (χ3v) is 4.46. The van der Waals surface area contributed by atoms with Crippen molar-refractivity contribution in [3.8, 4) is 0 Å². The first-order valence-corrected chi connectivity index (χ1v) is 8.59. The zero-order valence-electron chi connectivity index (χ0n) is 12.7. The second-order valence-corrected chi connectivity index (χ2v) is 6.78. The van der Waals surface area contributed by atoms with Gasteiger partial charge in [-0.05, 0) is 50.6 Å². The molecule has 1 aromatic carbocycles. The van der Waals surface area contributed by atoms with Crippen molar-refractivity contribution in [1.82, 2.24) is 4.90 Å². The van der Waals surface area contributed by atoms with Gasteiger partial charge in [-0.3, -0.25) is 4.90 Å². The lowest BCUT2D eigenvalue weighted by Crippen LogP contribution is -2.39. The van der Waals surface area contributed by atoms with Gasteiger partial charge in [0, 0.05) is 28.1 Å². The Labute approximate surface area is 136 Å². The first kappa shape index (κ1) is 18.0. The lowest BCUT2D eigenvalue weighted by Gasteiger charge is -2.35. The molecule has 0 saturated carbocycles. The van der Waals surface area contributed by atoms with Crippen LogP contribution in [0.2, 0.25) is 5.02 Å². The quantitative estimate of drug-likeness (QED) is 0.660. The zero-order chi connectivity index (χ0) is 15.1. The van der Waals surface area contributed by atoms with Gasteiger partial charge in [0.1, 0.15) is 0 Å². The van der Waals surface area contributed by atoms with Crippen LogP contribution in [0.1, 0.15) is 51.6 Å². The summed E-state index contributed by atoms with van der Waals surface area (Å²) < 4.78 is 1.05. The smallest absolute Gasteiger partial charge is 0.0488 e. The molecule has 1 aromatic rings. The van der Waals surface area contributed by atoms with E-state index in [0.717, 1.165) is 21.6 Å². The van der Waals surface area contributed by atoms with Gasteiger partial charge >= 0.3 is 0 Å². The molecule has 0 aliphatic rings. The van der Waals surface area contributed by atoms with Crippen LogP contribution in [0.3, 0.4) is 0 Å². The van der Waals surface area contributed by atoms with Crippen molar-refractivity contribution < 1.29 is 0 Å². The molecule has 0 bridgehead atoms. The summed E-state index contributed by atoms with van der Waals surface area (Å²) in [5, 5.41) is 0.796. The Morgan fingerprint density at radius 1 is 1.30 bits per heavy atom. The highest BCUT2D eigenvalue weighted by molar-refractivity contribution is 9.10. The second kappa shape index (κ2) is 9.04. The Kier molecular flexibility index (Phi) is 8.11. The standard InChI is InChI=1S/C16H26BrClN2/c1-4-5-6-9-20(12(2)3)16(11-19)14-10-13(17)7-8-15(14)18/h7-8,10,12,16H,4-6,9,11,19H2,1-3H3. The van der Waals surface area contributed by atoms with Gasteiger partial charge in [0.05, 0.1) is 0 Å². The number of hydrogen-bond donors (Lipinski definition) is 1. The molecule has 1 unspecified atom stereocenters. The van der Waals surface area contributed by atoms with E-state index in [2.05, 4.69) is 47.7 Å². The van der Waals surface area contributed by atoms with Crippen LogP contribution < -0.4 is 5.73 Å². The van der Waals surface area contributed by atoms with Crippen LogP contribution in [-0.4, -0.2) is 24.0 Å². The van der Waals surface area contributed by atoms with Gasteiger partial charge < -0.3 is 5.73 Å². The molecular weight excluding hydrogens is 336 g/mol. The average Bonchev–Trinajstić information content (AvgIpc) is 2.41. The molecule has 0 aliphatic carbocycles. The molecule has 0 spiro atoms. The van der Waals surface area contributed by atoms with Crippen LogP contribution in [0.5, 0.6) is 0 Å². The fourth-order valence-electron chi connectivity index (χ4n) is 2.53. The highest BCUT2D eigenvalue weighted by Crippen LogP contribution is 2.31. The summed E-state index contributed by atoms with van der Waals surface area (Å²) in [6.07, 6.45) is 3.69. The normalized spacial score (nSPS) is 13.2. The summed E-state index contributed by atoms with van der Waals surface area (Å²) in [6.45, 7) is 8.32. The Morgan fingerprint density at radius 3 is 2.55 bits per heavy atom. The van der Waals surface area contributed by atoms with Gasteiger partial charge in [-0.25, -0.2) is 0 Å². The van der Waals surface area contributed by atoms with Gasteiger partial charge in [-0.1, -0.05) is 47.3 Å². The molecule has 0 saturated heterocycles. The zero-order valence-corrected chi connectivity index (χ0v) is 15.0. The molecule has 2 nitrogen and oxygen atoms in total. The van der Waals surface area contributed by atoms with E-state index in [1.165, 1.54) is 19.3 Å². The molecule has 20 heavy (non-hydrogen) atoms. The number of benzene rings is 1. The van der Waals surface area contributed by atoms with Gasteiger partial charge in [0.25, 0.3) is 0 Å². The molecular formula is C16H26BrClN2. The number of nitrogens with zero attached hydrogens (tertiary/aromatic N) is 1. The largest absolute Gasteiger partial charge is 0.329 e. The van der Waals surface area contributed by atoms with Gasteiger partial charge in [0.2, 0.25) is 0 Å². The minimum Gasteiger partial charge on any atom is -0.329 e. The Morgan fingerprint density at radius 2 is 2.00 bits per heavy atom. The average molecular weight is 362 g/mol. The topological polar surface area (TPSA) is 29.3 Å². The summed E-state index contributed by atoms with van der Waals surface area (Å²) in [5.41, 5.74) is 7.17. The maximum atomic E-state index is 6.38. The van der Waals surface area contributed by atoms with Gasteiger partial charge in [-0.15, -0.1) is 0 Å². The lowest BCUT2D eigenvalue weighted by atomic mass is 10.0. The van der Waals surface area contributed by atoms with Crippen LogP contribution in [0, 0.1) is 0 Å². The minimum atomic E-state index is 0.178. The molecule has 0 heterocycles. The van der Waals surface area contributed by atoms with Crippen LogP contribution in [0.15, 0.2) is 22.7 Å². The van der Waals surface area contributed by atoms with E-state index >= 15 is 0 Å². The number of unbranched alkanes of at least 4 members (excludes halogenated alkanes) is 2. The van der Waals surface area contributed by atoms with Crippen molar-refractivity contribution in [2.24, 2.45) is 5.73 Å². The Hall–Kier alpha value is -0.0900. The minimum absolute atomic E-state index is 0.178. The first-order chi connectivity index (χ1) is 9.51. The maximum Gasteiger partial charge on any atom is 0.0488 e. The summed E-state index contributed by atoms with van der Waals surface area (Å²) in [6, 6.07) is 6.63. The van der Waals surface area contributed by atoms with E-state index in [-0.39, 0.29) is 6.04 Å². The predicted molar refractivity (Wildman–Crippen MR) is 92.3 cm³/mol. The van der Waals surface area contributed by atoms with E-state index in [4.69, 9.17) is 17.3 Å². The Balaban J connectivity index is 2.97. The molecule has 0 aliphatic heterocycles. The molecule has 0 aromatic heterocycles. The van der Waals surface area contributed by atoms with Crippen molar-refractivity contribution >= 4 is 27.5 Å². The summed E-state index contributed by atoms with van der Waals surface area (Å²) in [4.78, 5) is 2.46. The highest BCUT2D eigenvalue weighted by atomic mass is 79.9. The number of hydrogen-bond acceptors (Lipinski definition) is 2. The second-order valence-electron chi connectivity index (χ2n) is 5.46. The molecule has 1 atom stereocenters. The van der Waals surface area contributed by atoms with E-state index in [1.54, 1.807) is 0 Å². The number of halogens is 2. The summed E-state index contributed by atoms with van der Waals surface area (Å²) >= 11 is 9.90. The molecule has 0 radical (unpaired) electrons. The van der Waals surface area contributed by atoms with Crippen LogP contribution in [0.4, 0.5) is 0 Å². The molecule has 114 valence electrons. The number of rotatable bonds is 8. The third-order valence-electron chi connectivity index (χ3n) is 3.62. The fraction of sp³-hybridized carbons (Fsp3) is 0.625. The SMILES string of the molecule is CCCCCN(C(C)C)C(CN)c1cc(Br)ccc1Cl. The van der Waals surface area contributed by atoms with Crippen molar-refractivity contribution in [1.29, 1.82) is 0 Å². The van der Waals surface area contributed by atoms with E-state index in [0.29, 0.717) is 12.6 Å². The van der Waals surface area contributed by atoms with Gasteiger partial charge in [0.15, 0.2) is 0 Å². The molecule has 0 fully saturated rings. The highest BCUT2D eigenvalue weighted by Gasteiger charge is 2.23. The maximum absolute atomic E-state index is 6.38. The van der Waals surface area contributed by atoms with Crippen molar-refractivity contribution in [3.05, 3.63) is 33.3 Å². The van der Waals surface area contributed by atoms with Crippen molar-refractivity contribution in [3.63, 3.8) is 0 Å². The van der Waals surface area contributed by atoms with Crippen LogP contribution >= 0.6 is 27.5 Å². The van der Waals surface area contributed by atoms with E-state index in [9.17, 15) is 0 Å². The van der Waals surface area contributed by atoms with Crippen molar-refractivity contribution in [2.45, 2.75) is 52.1 Å². The number of nitrogens with two attached hydrogens (primary N) is 1. The fourth-order valence-corrected chi connectivity index (χ4v) is 3.15. The predicted octanol–water partition coefficient (Wildman–Crippen LogP) is 5.00.